The van der Waals surface area contributed by atoms with E-state index in [0.717, 1.165) is 47.3 Å². The molecule has 6 nitrogen and oxygen atoms in total. The van der Waals surface area contributed by atoms with E-state index in [2.05, 4.69) is 23.7 Å². The van der Waals surface area contributed by atoms with Crippen molar-refractivity contribution in [2.45, 2.75) is 50.7 Å². The van der Waals surface area contributed by atoms with Gasteiger partial charge in [-0.2, -0.15) is 0 Å². The van der Waals surface area contributed by atoms with Gasteiger partial charge in [0.1, 0.15) is 0 Å². The zero-order valence-corrected chi connectivity index (χ0v) is 16.0. The molecule has 3 aromatic heterocycles. The number of ether oxygens (including phenoxy) is 1. The molecule has 1 spiro atoms. The topological polar surface area (TPSA) is 55.6 Å². The quantitative estimate of drug-likeness (QED) is 0.688. The molecule has 1 saturated heterocycles. The highest BCUT2D eigenvalue weighted by Crippen LogP contribution is 2.42. The van der Waals surface area contributed by atoms with Crippen LogP contribution in [0.3, 0.4) is 0 Å². The lowest BCUT2D eigenvalue weighted by atomic mass is 9.94. The van der Waals surface area contributed by atoms with E-state index in [0.29, 0.717) is 0 Å². The predicted molar refractivity (Wildman–Crippen MR) is 103 cm³/mol. The van der Waals surface area contributed by atoms with Crippen molar-refractivity contribution in [3.05, 3.63) is 30.7 Å². The Morgan fingerprint density at radius 3 is 2.77 bits per heavy atom. The summed E-state index contributed by atoms with van der Waals surface area (Å²) in [6.45, 7) is 6.18. The van der Waals surface area contributed by atoms with E-state index in [1.165, 1.54) is 12.8 Å². The van der Waals surface area contributed by atoms with Gasteiger partial charge in [-0.3, -0.25) is 4.98 Å². The fourth-order valence-electron chi connectivity index (χ4n) is 4.40. The van der Waals surface area contributed by atoms with Gasteiger partial charge in [0.15, 0.2) is 0 Å². The van der Waals surface area contributed by atoms with Crippen molar-refractivity contribution < 1.29 is 4.74 Å². The number of morpholine rings is 1. The van der Waals surface area contributed by atoms with E-state index < -0.39 is 0 Å². The summed E-state index contributed by atoms with van der Waals surface area (Å²) in [6, 6.07) is 3.95. The Morgan fingerprint density at radius 1 is 1.19 bits per heavy atom. The lowest BCUT2D eigenvalue weighted by molar-refractivity contribution is -0.148. The maximum absolute atomic E-state index is 6.51. The van der Waals surface area contributed by atoms with Crippen molar-refractivity contribution in [2.75, 3.05) is 18.0 Å². The largest absolute Gasteiger partial charge is 0.365 e. The van der Waals surface area contributed by atoms with Crippen LogP contribution in [0.1, 0.15) is 39.5 Å². The monoisotopic (exact) mass is 369 g/mol. The van der Waals surface area contributed by atoms with Gasteiger partial charge in [-0.1, -0.05) is 24.2 Å². The molecule has 26 heavy (non-hydrogen) atoms. The standard InChI is InChI=1S/C19H23N5OS/c1-18(2)12-23(13-19(25-18)7-3-4-8-19)17-22-24-11-15(21-16(24)26-17)14-6-5-9-20-10-14/h5-6,9-11H,3-4,7-8,12-13H2,1-2H3. The van der Waals surface area contributed by atoms with Crippen molar-refractivity contribution >= 4 is 21.4 Å². The van der Waals surface area contributed by atoms with Gasteiger partial charge in [0, 0.05) is 31.0 Å². The third-order valence-electron chi connectivity index (χ3n) is 5.32. The molecule has 1 saturated carbocycles. The summed E-state index contributed by atoms with van der Waals surface area (Å²) >= 11 is 1.65. The van der Waals surface area contributed by atoms with E-state index >= 15 is 0 Å². The molecule has 4 heterocycles. The number of rotatable bonds is 2. The van der Waals surface area contributed by atoms with Crippen molar-refractivity contribution in [1.82, 2.24) is 19.6 Å². The second-order valence-corrected chi connectivity index (χ2v) is 9.02. The molecule has 1 aliphatic carbocycles. The van der Waals surface area contributed by atoms with Gasteiger partial charge in [0.25, 0.3) is 0 Å². The number of fused-ring (bicyclic) bond motifs is 1. The first-order chi connectivity index (χ1) is 12.5. The van der Waals surface area contributed by atoms with Crippen LogP contribution in [0.2, 0.25) is 0 Å². The molecule has 5 rings (SSSR count). The number of hydrogen-bond donors (Lipinski definition) is 0. The fourth-order valence-corrected chi connectivity index (χ4v) is 5.28. The number of imidazole rings is 1. The summed E-state index contributed by atoms with van der Waals surface area (Å²) < 4.78 is 8.41. The normalized spacial score (nSPS) is 21.7. The lowest BCUT2D eigenvalue weighted by Crippen LogP contribution is -2.58. The maximum Gasteiger partial charge on any atom is 0.214 e. The van der Waals surface area contributed by atoms with Gasteiger partial charge >= 0.3 is 0 Å². The first-order valence-electron chi connectivity index (χ1n) is 9.24. The van der Waals surface area contributed by atoms with Crippen molar-refractivity contribution in [3.8, 4) is 11.3 Å². The van der Waals surface area contributed by atoms with Crippen LogP contribution >= 0.6 is 11.3 Å². The minimum atomic E-state index is -0.156. The van der Waals surface area contributed by atoms with Gasteiger partial charge in [-0.25, -0.2) is 9.50 Å². The molecule has 0 unspecified atom stereocenters. The van der Waals surface area contributed by atoms with Crippen LogP contribution in [0.25, 0.3) is 16.2 Å². The molecule has 7 heteroatoms. The van der Waals surface area contributed by atoms with Crippen LogP contribution in [-0.4, -0.2) is 43.9 Å². The molecule has 0 amide bonds. The number of anilines is 1. The van der Waals surface area contributed by atoms with E-state index in [1.807, 2.05) is 29.0 Å². The Balaban J connectivity index is 1.46. The Labute approximate surface area is 156 Å². The minimum absolute atomic E-state index is 0.00359. The molecule has 136 valence electrons. The average Bonchev–Trinajstić information content (AvgIpc) is 3.29. The van der Waals surface area contributed by atoms with Crippen LogP contribution in [-0.2, 0) is 4.74 Å². The van der Waals surface area contributed by atoms with Crippen LogP contribution < -0.4 is 4.90 Å². The second-order valence-electron chi connectivity index (χ2n) is 8.09. The molecular weight excluding hydrogens is 346 g/mol. The summed E-state index contributed by atoms with van der Waals surface area (Å²) in [4.78, 5) is 12.2. The third-order valence-corrected chi connectivity index (χ3v) is 6.30. The zero-order valence-electron chi connectivity index (χ0n) is 15.2. The highest BCUT2D eigenvalue weighted by Gasteiger charge is 2.46. The zero-order chi connectivity index (χ0) is 17.8. The van der Waals surface area contributed by atoms with E-state index in [9.17, 15) is 0 Å². The predicted octanol–water partition coefficient (Wildman–Crippen LogP) is 3.78. The smallest absolute Gasteiger partial charge is 0.214 e. The van der Waals surface area contributed by atoms with Gasteiger partial charge < -0.3 is 9.64 Å². The highest BCUT2D eigenvalue weighted by molar-refractivity contribution is 7.20. The Morgan fingerprint density at radius 2 is 2.04 bits per heavy atom. The summed E-state index contributed by atoms with van der Waals surface area (Å²) in [5.74, 6) is 0. The van der Waals surface area contributed by atoms with E-state index in [-0.39, 0.29) is 11.2 Å². The molecule has 0 atom stereocenters. The first-order valence-corrected chi connectivity index (χ1v) is 10.1. The first kappa shape index (κ1) is 16.2. The maximum atomic E-state index is 6.51. The average molecular weight is 369 g/mol. The summed E-state index contributed by atoms with van der Waals surface area (Å²) in [5, 5.41) is 5.86. The Hall–Kier alpha value is -1.99. The third kappa shape index (κ3) is 2.79. The van der Waals surface area contributed by atoms with Gasteiger partial charge in [0.05, 0.1) is 23.1 Å². The van der Waals surface area contributed by atoms with Gasteiger partial charge in [-0.05, 0) is 38.8 Å². The van der Waals surface area contributed by atoms with E-state index in [4.69, 9.17) is 14.8 Å². The highest BCUT2D eigenvalue weighted by atomic mass is 32.1. The van der Waals surface area contributed by atoms with Crippen LogP contribution in [0, 0.1) is 0 Å². The number of pyridine rings is 1. The van der Waals surface area contributed by atoms with Crippen molar-refractivity contribution in [1.29, 1.82) is 0 Å². The Bertz CT molecular complexity index is 894. The fraction of sp³-hybridized carbons (Fsp3) is 0.526. The van der Waals surface area contributed by atoms with Crippen molar-refractivity contribution in [3.63, 3.8) is 0 Å². The number of aromatic nitrogens is 4. The molecular formula is C19H23N5OS. The van der Waals surface area contributed by atoms with Gasteiger partial charge in [-0.15, -0.1) is 5.10 Å². The van der Waals surface area contributed by atoms with Crippen LogP contribution in [0.5, 0.6) is 0 Å². The lowest BCUT2D eigenvalue weighted by Gasteiger charge is -2.48. The Kier molecular flexibility index (Phi) is 3.59. The molecule has 0 aromatic carbocycles. The van der Waals surface area contributed by atoms with Crippen LogP contribution in [0.4, 0.5) is 5.13 Å². The van der Waals surface area contributed by atoms with Crippen LogP contribution in [0.15, 0.2) is 30.7 Å². The molecule has 2 aliphatic rings. The molecule has 2 fully saturated rings. The SMILES string of the molecule is CC1(C)CN(c2nn3cc(-c4cccnc4)nc3s2)CC2(CCCC2)O1. The summed E-state index contributed by atoms with van der Waals surface area (Å²) in [7, 11) is 0. The number of hydrogen-bond acceptors (Lipinski definition) is 6. The molecule has 1 aliphatic heterocycles. The molecule has 0 bridgehead atoms. The number of nitrogens with zero attached hydrogens (tertiary/aromatic N) is 5. The molecule has 3 aromatic rings. The second kappa shape index (κ2) is 5.76. The molecule has 0 N–H and O–H groups in total. The molecule has 0 radical (unpaired) electrons. The summed E-state index contributed by atoms with van der Waals surface area (Å²) in [5.41, 5.74) is 1.77. The van der Waals surface area contributed by atoms with Gasteiger partial charge in [0.2, 0.25) is 10.1 Å². The van der Waals surface area contributed by atoms with Crippen molar-refractivity contribution in [2.24, 2.45) is 0 Å². The minimum Gasteiger partial charge on any atom is -0.365 e. The van der Waals surface area contributed by atoms with E-state index in [1.54, 1.807) is 17.5 Å². The summed E-state index contributed by atoms with van der Waals surface area (Å²) in [6.07, 6.45) is 10.4.